The Morgan fingerprint density at radius 1 is 1.30 bits per heavy atom. The van der Waals surface area contributed by atoms with E-state index in [0.717, 1.165) is 0 Å². The summed E-state index contributed by atoms with van der Waals surface area (Å²) in [6.07, 6.45) is 1.32. The number of rotatable bonds is 6. The van der Waals surface area contributed by atoms with Crippen molar-refractivity contribution in [2.75, 3.05) is 25.5 Å². The second-order valence-electron chi connectivity index (χ2n) is 4.47. The number of carbonyl (C=O) groups is 3. The van der Waals surface area contributed by atoms with E-state index in [1.165, 1.54) is 24.8 Å². The molecule has 23 heavy (non-hydrogen) atoms. The lowest BCUT2D eigenvalue weighted by molar-refractivity contribution is -0.137. The molecule has 0 spiro atoms. The van der Waals surface area contributed by atoms with Gasteiger partial charge in [-0.2, -0.15) is 0 Å². The van der Waals surface area contributed by atoms with E-state index in [-0.39, 0.29) is 6.54 Å². The maximum Gasteiger partial charge on any atom is 0.348 e. The van der Waals surface area contributed by atoms with Gasteiger partial charge in [-0.1, -0.05) is 0 Å². The van der Waals surface area contributed by atoms with Crippen LogP contribution in [0.1, 0.15) is 15.2 Å². The summed E-state index contributed by atoms with van der Waals surface area (Å²) in [5, 5.41) is 14.2. The Bertz CT molecular complexity index is 773. The number of nitrogens with one attached hydrogen (secondary N) is 2. The fraction of sp³-hybridized carbons (Fsp3) is 0.308. The minimum Gasteiger partial charge on any atom is -0.480 e. The number of carbonyl (C=O) groups excluding carboxylic acids is 2. The lowest BCUT2D eigenvalue weighted by Crippen LogP contribution is -2.34. The van der Waals surface area contributed by atoms with Crippen molar-refractivity contribution in [3.05, 3.63) is 16.8 Å². The number of aliphatic carboxylic acids is 1. The predicted octanol–water partition coefficient (Wildman–Crippen LogP) is 0.399. The summed E-state index contributed by atoms with van der Waals surface area (Å²) in [6.45, 7) is 1.13. The molecular formula is C13H14N4O5S. The molecule has 122 valence electrons. The predicted molar refractivity (Wildman–Crippen MR) is 82.6 cm³/mol. The van der Waals surface area contributed by atoms with Crippen molar-refractivity contribution in [3.8, 4) is 0 Å². The summed E-state index contributed by atoms with van der Waals surface area (Å²) in [4.78, 5) is 42.9. The highest BCUT2D eigenvalue weighted by Gasteiger charge is 2.19. The van der Waals surface area contributed by atoms with Gasteiger partial charge < -0.3 is 20.5 Å². The number of aryl methyl sites for hydroxylation is 1. The van der Waals surface area contributed by atoms with Crippen LogP contribution in [0.2, 0.25) is 0 Å². The Hall–Kier alpha value is -2.75. The number of thiophene rings is 1. The van der Waals surface area contributed by atoms with Gasteiger partial charge in [0.05, 0.1) is 19.0 Å². The van der Waals surface area contributed by atoms with Crippen LogP contribution >= 0.6 is 11.3 Å². The van der Waals surface area contributed by atoms with Gasteiger partial charge in [-0.3, -0.25) is 9.59 Å². The maximum absolute atomic E-state index is 11.7. The SMILES string of the molecule is COC(=O)c1sc2ncnc(NCC(=O)NCC(=O)O)c2c1C. The number of nitrogens with zero attached hydrogens (tertiary/aromatic N) is 2. The molecule has 0 atom stereocenters. The van der Waals surface area contributed by atoms with Crippen molar-refractivity contribution in [1.29, 1.82) is 0 Å². The highest BCUT2D eigenvalue weighted by atomic mass is 32.1. The number of esters is 1. The van der Waals surface area contributed by atoms with Gasteiger partial charge in [-0.25, -0.2) is 14.8 Å². The molecule has 2 rings (SSSR count). The van der Waals surface area contributed by atoms with Crippen molar-refractivity contribution in [3.63, 3.8) is 0 Å². The van der Waals surface area contributed by atoms with Gasteiger partial charge >= 0.3 is 11.9 Å². The number of aromatic nitrogens is 2. The van der Waals surface area contributed by atoms with E-state index in [4.69, 9.17) is 9.84 Å². The Morgan fingerprint density at radius 2 is 2.04 bits per heavy atom. The summed E-state index contributed by atoms with van der Waals surface area (Å²) in [5.41, 5.74) is 0.658. The van der Waals surface area contributed by atoms with E-state index in [9.17, 15) is 14.4 Å². The molecule has 2 heterocycles. The number of carboxylic acids is 1. The Balaban J connectivity index is 2.21. The van der Waals surface area contributed by atoms with Crippen molar-refractivity contribution < 1.29 is 24.2 Å². The highest BCUT2D eigenvalue weighted by molar-refractivity contribution is 7.20. The van der Waals surface area contributed by atoms with Crippen LogP contribution in [0.3, 0.4) is 0 Å². The van der Waals surface area contributed by atoms with Crippen molar-refractivity contribution in [1.82, 2.24) is 15.3 Å². The zero-order valence-corrected chi connectivity index (χ0v) is 13.2. The molecule has 0 aliphatic carbocycles. The van der Waals surface area contributed by atoms with Crippen LogP contribution in [0.15, 0.2) is 6.33 Å². The second kappa shape index (κ2) is 7.01. The average Bonchev–Trinajstić information content (AvgIpc) is 2.87. The van der Waals surface area contributed by atoms with Gasteiger partial charge in [0.1, 0.15) is 28.4 Å². The van der Waals surface area contributed by atoms with E-state index >= 15 is 0 Å². The molecule has 9 nitrogen and oxygen atoms in total. The van der Waals surface area contributed by atoms with Gasteiger partial charge in [0.15, 0.2) is 0 Å². The minimum absolute atomic E-state index is 0.151. The van der Waals surface area contributed by atoms with E-state index < -0.39 is 24.4 Å². The third-order valence-electron chi connectivity index (χ3n) is 2.95. The Labute approximate surface area is 134 Å². The largest absolute Gasteiger partial charge is 0.480 e. The van der Waals surface area contributed by atoms with Gasteiger partial charge in [0.2, 0.25) is 5.91 Å². The summed E-state index contributed by atoms with van der Waals surface area (Å²) < 4.78 is 4.72. The third-order valence-corrected chi connectivity index (χ3v) is 4.13. The number of hydrogen-bond acceptors (Lipinski definition) is 8. The summed E-state index contributed by atoms with van der Waals surface area (Å²) in [5.74, 6) is -1.68. The molecule has 10 heteroatoms. The number of amides is 1. The first-order valence-electron chi connectivity index (χ1n) is 6.48. The van der Waals surface area contributed by atoms with E-state index in [1.54, 1.807) is 6.92 Å². The monoisotopic (exact) mass is 338 g/mol. The van der Waals surface area contributed by atoms with Crippen molar-refractivity contribution in [2.24, 2.45) is 0 Å². The Morgan fingerprint density at radius 3 is 2.70 bits per heavy atom. The molecule has 0 bridgehead atoms. The molecule has 2 aromatic heterocycles. The number of anilines is 1. The first-order chi connectivity index (χ1) is 10.9. The number of carboxylic acid groups (broad SMARTS) is 1. The van der Waals surface area contributed by atoms with Crippen LogP contribution in [-0.4, -0.2) is 53.1 Å². The summed E-state index contributed by atoms with van der Waals surface area (Å²) >= 11 is 1.18. The molecule has 0 aliphatic rings. The van der Waals surface area contributed by atoms with Gasteiger partial charge in [0.25, 0.3) is 0 Å². The lowest BCUT2D eigenvalue weighted by atomic mass is 10.2. The molecule has 3 N–H and O–H groups in total. The number of ether oxygens (including phenoxy) is 1. The standard InChI is InChI=1S/C13H14N4O5S/c1-6-9-11(15-3-7(18)14-4-8(19)20)16-5-17-12(9)23-10(6)13(21)22-2/h5H,3-4H2,1-2H3,(H,14,18)(H,19,20)(H,15,16,17). The average molecular weight is 338 g/mol. The van der Waals surface area contributed by atoms with Crippen molar-refractivity contribution in [2.45, 2.75) is 6.92 Å². The molecule has 0 saturated heterocycles. The van der Waals surface area contributed by atoms with Crippen LogP contribution in [0.5, 0.6) is 0 Å². The van der Waals surface area contributed by atoms with Crippen LogP contribution in [0, 0.1) is 6.92 Å². The molecular weight excluding hydrogens is 324 g/mol. The Kier molecular flexibility index (Phi) is 5.06. The fourth-order valence-electron chi connectivity index (χ4n) is 1.89. The third kappa shape index (κ3) is 3.72. The first-order valence-corrected chi connectivity index (χ1v) is 7.30. The minimum atomic E-state index is -1.13. The number of methoxy groups -OCH3 is 1. The second-order valence-corrected chi connectivity index (χ2v) is 5.47. The van der Waals surface area contributed by atoms with Crippen LogP contribution in [0.4, 0.5) is 5.82 Å². The van der Waals surface area contributed by atoms with Crippen LogP contribution in [-0.2, 0) is 14.3 Å². The molecule has 0 aromatic carbocycles. The smallest absolute Gasteiger partial charge is 0.348 e. The number of fused-ring (bicyclic) bond motifs is 1. The van der Waals surface area contributed by atoms with Crippen LogP contribution < -0.4 is 10.6 Å². The normalized spacial score (nSPS) is 10.3. The van der Waals surface area contributed by atoms with E-state index in [0.29, 0.717) is 26.5 Å². The van der Waals surface area contributed by atoms with Crippen molar-refractivity contribution >= 4 is 45.2 Å². The lowest BCUT2D eigenvalue weighted by Gasteiger charge is -2.07. The van der Waals surface area contributed by atoms with Gasteiger partial charge in [-0.15, -0.1) is 11.3 Å². The zero-order valence-electron chi connectivity index (χ0n) is 12.4. The topological polar surface area (TPSA) is 131 Å². The maximum atomic E-state index is 11.7. The molecule has 1 amide bonds. The first kappa shape index (κ1) is 16.6. The number of hydrogen-bond donors (Lipinski definition) is 3. The quantitative estimate of drug-likeness (QED) is 0.645. The molecule has 0 radical (unpaired) electrons. The van der Waals surface area contributed by atoms with Gasteiger partial charge in [-0.05, 0) is 12.5 Å². The van der Waals surface area contributed by atoms with Crippen LogP contribution in [0.25, 0.3) is 10.2 Å². The summed E-state index contributed by atoms with van der Waals surface area (Å²) in [6, 6.07) is 0. The summed E-state index contributed by atoms with van der Waals surface area (Å²) in [7, 11) is 1.30. The van der Waals surface area contributed by atoms with Gasteiger partial charge in [0, 0.05) is 0 Å². The highest BCUT2D eigenvalue weighted by Crippen LogP contribution is 2.33. The molecule has 0 fully saturated rings. The molecule has 0 unspecified atom stereocenters. The molecule has 0 aliphatic heterocycles. The molecule has 2 aromatic rings. The van der Waals surface area contributed by atoms with E-state index in [1.807, 2.05) is 0 Å². The molecule has 0 saturated carbocycles. The zero-order chi connectivity index (χ0) is 17.0. The van der Waals surface area contributed by atoms with E-state index in [2.05, 4.69) is 20.6 Å². The fourth-order valence-corrected chi connectivity index (χ4v) is 2.96.